The van der Waals surface area contributed by atoms with E-state index in [4.69, 9.17) is 15.2 Å². The third-order valence-electron chi connectivity index (χ3n) is 3.48. The zero-order valence-electron chi connectivity index (χ0n) is 12.6. The van der Waals surface area contributed by atoms with Gasteiger partial charge in [-0.05, 0) is 40.5 Å². The summed E-state index contributed by atoms with van der Waals surface area (Å²) < 4.78 is 11.3. The molecule has 1 saturated heterocycles. The monoisotopic (exact) mass is 258 g/mol. The first-order valence-electron chi connectivity index (χ1n) is 7.00. The van der Waals surface area contributed by atoms with E-state index in [9.17, 15) is 0 Å². The molecule has 18 heavy (non-hydrogen) atoms. The van der Waals surface area contributed by atoms with E-state index in [1.807, 2.05) is 0 Å². The van der Waals surface area contributed by atoms with Gasteiger partial charge in [0.15, 0.2) is 0 Å². The molecule has 4 heteroatoms. The molecule has 1 heterocycles. The van der Waals surface area contributed by atoms with E-state index >= 15 is 0 Å². The Morgan fingerprint density at radius 2 is 1.83 bits per heavy atom. The summed E-state index contributed by atoms with van der Waals surface area (Å²) >= 11 is 0. The fourth-order valence-electron chi connectivity index (χ4n) is 2.42. The highest BCUT2D eigenvalue weighted by atomic mass is 16.5. The predicted molar refractivity (Wildman–Crippen MR) is 74.7 cm³/mol. The second-order valence-electron chi connectivity index (χ2n) is 6.33. The quantitative estimate of drug-likeness (QED) is 0.814. The van der Waals surface area contributed by atoms with Crippen molar-refractivity contribution in [3.8, 4) is 0 Å². The number of methoxy groups -OCH3 is 1. The summed E-state index contributed by atoms with van der Waals surface area (Å²) in [7, 11) is 1.80. The molecule has 0 aromatic carbocycles. The summed E-state index contributed by atoms with van der Waals surface area (Å²) in [6, 6.07) is 0.0725. The van der Waals surface area contributed by atoms with Gasteiger partial charge in [0.05, 0.1) is 17.8 Å². The van der Waals surface area contributed by atoms with Crippen molar-refractivity contribution in [1.82, 2.24) is 4.90 Å². The van der Waals surface area contributed by atoms with Gasteiger partial charge in [-0.1, -0.05) is 0 Å². The van der Waals surface area contributed by atoms with E-state index in [1.165, 1.54) is 0 Å². The molecular formula is C14H30N2O2. The highest BCUT2D eigenvalue weighted by molar-refractivity contribution is 4.80. The first-order valence-corrected chi connectivity index (χ1v) is 7.00. The third-order valence-corrected chi connectivity index (χ3v) is 3.48. The Labute approximate surface area is 112 Å². The molecule has 0 unspecified atom stereocenters. The van der Waals surface area contributed by atoms with Crippen LogP contribution in [-0.2, 0) is 9.47 Å². The maximum atomic E-state index is 6.22. The number of likely N-dealkylation sites (tertiary alicyclic amines) is 1. The smallest absolute Gasteiger partial charge is 0.0717 e. The Bertz CT molecular complexity index is 232. The van der Waals surface area contributed by atoms with Gasteiger partial charge in [0, 0.05) is 32.8 Å². The van der Waals surface area contributed by atoms with E-state index in [0.29, 0.717) is 6.10 Å². The van der Waals surface area contributed by atoms with Crippen molar-refractivity contribution in [3.63, 3.8) is 0 Å². The number of ether oxygens (including phenoxy) is 2. The molecule has 0 amide bonds. The van der Waals surface area contributed by atoms with Gasteiger partial charge in [-0.2, -0.15) is 0 Å². The predicted octanol–water partition coefficient (Wildman–Crippen LogP) is 1.63. The molecule has 0 aromatic heterocycles. The van der Waals surface area contributed by atoms with Crippen LogP contribution in [0.3, 0.4) is 0 Å². The molecule has 108 valence electrons. The minimum Gasteiger partial charge on any atom is -0.381 e. The normalized spacial score (nSPS) is 23.0. The van der Waals surface area contributed by atoms with Crippen LogP contribution >= 0.6 is 0 Å². The Morgan fingerprint density at radius 1 is 1.28 bits per heavy atom. The van der Waals surface area contributed by atoms with Crippen LogP contribution in [0, 0.1) is 0 Å². The Kier molecular flexibility index (Phi) is 6.05. The molecule has 1 fully saturated rings. The van der Waals surface area contributed by atoms with Crippen molar-refractivity contribution < 1.29 is 9.47 Å². The van der Waals surface area contributed by atoms with Crippen LogP contribution in [0.5, 0.6) is 0 Å². The second-order valence-corrected chi connectivity index (χ2v) is 6.33. The number of nitrogens with zero attached hydrogens (tertiary/aromatic N) is 1. The van der Waals surface area contributed by atoms with Gasteiger partial charge in [0.2, 0.25) is 0 Å². The highest BCUT2D eigenvalue weighted by Gasteiger charge is 2.25. The van der Waals surface area contributed by atoms with Crippen LogP contribution in [-0.4, -0.2) is 55.5 Å². The van der Waals surface area contributed by atoms with Crippen LogP contribution in [0.15, 0.2) is 0 Å². The molecule has 0 aromatic rings. The highest BCUT2D eigenvalue weighted by Crippen LogP contribution is 2.16. The van der Waals surface area contributed by atoms with Crippen LogP contribution < -0.4 is 5.73 Å². The van der Waals surface area contributed by atoms with Gasteiger partial charge in [0.1, 0.15) is 0 Å². The average Bonchev–Trinajstić information content (AvgIpc) is 2.27. The third kappa shape index (κ3) is 5.65. The summed E-state index contributed by atoms with van der Waals surface area (Å²) in [6.45, 7) is 11.3. The number of rotatable bonds is 5. The zero-order chi connectivity index (χ0) is 13.8. The van der Waals surface area contributed by atoms with Crippen molar-refractivity contribution in [2.24, 2.45) is 5.73 Å². The molecule has 2 atom stereocenters. The van der Waals surface area contributed by atoms with Gasteiger partial charge < -0.3 is 20.1 Å². The maximum absolute atomic E-state index is 6.22. The lowest BCUT2D eigenvalue weighted by Crippen LogP contribution is -2.49. The van der Waals surface area contributed by atoms with E-state index < -0.39 is 0 Å². The summed E-state index contributed by atoms with van der Waals surface area (Å²) in [5, 5.41) is 0. The standard InChI is InChI=1S/C14H30N2O2/c1-11(18-14(2,3)4)13(15)10-16-8-6-12(17-5)7-9-16/h11-13H,6-10,15H2,1-5H3/t11-,13-/m1/s1. The average molecular weight is 258 g/mol. The topological polar surface area (TPSA) is 47.7 Å². The minimum absolute atomic E-state index is 0.0725. The molecule has 1 rings (SSSR count). The summed E-state index contributed by atoms with van der Waals surface area (Å²) in [5.74, 6) is 0. The van der Waals surface area contributed by atoms with Gasteiger partial charge in [-0.3, -0.25) is 0 Å². The van der Waals surface area contributed by atoms with Crippen molar-refractivity contribution in [2.75, 3.05) is 26.7 Å². The van der Waals surface area contributed by atoms with Crippen molar-refractivity contribution in [3.05, 3.63) is 0 Å². The lowest BCUT2D eigenvalue weighted by atomic mass is 10.1. The summed E-state index contributed by atoms with van der Waals surface area (Å²) in [4.78, 5) is 2.42. The number of hydrogen-bond donors (Lipinski definition) is 1. The molecule has 1 aliphatic heterocycles. The first kappa shape index (κ1) is 15.9. The Balaban J connectivity index is 2.30. The van der Waals surface area contributed by atoms with Gasteiger partial charge in [-0.15, -0.1) is 0 Å². The summed E-state index contributed by atoms with van der Waals surface area (Å²) in [5.41, 5.74) is 6.10. The first-order chi connectivity index (χ1) is 8.31. The van der Waals surface area contributed by atoms with Crippen LogP contribution in [0.25, 0.3) is 0 Å². The Morgan fingerprint density at radius 3 is 2.28 bits per heavy atom. The van der Waals surface area contributed by atoms with E-state index in [0.717, 1.165) is 32.5 Å². The van der Waals surface area contributed by atoms with Crippen LogP contribution in [0.1, 0.15) is 40.5 Å². The van der Waals surface area contributed by atoms with E-state index in [-0.39, 0.29) is 17.7 Å². The summed E-state index contributed by atoms with van der Waals surface area (Å²) in [6.07, 6.45) is 2.74. The number of nitrogens with two attached hydrogens (primary N) is 1. The van der Waals surface area contributed by atoms with Crippen LogP contribution in [0.2, 0.25) is 0 Å². The Hall–Kier alpha value is -0.160. The number of hydrogen-bond acceptors (Lipinski definition) is 4. The second kappa shape index (κ2) is 6.85. The fourth-order valence-corrected chi connectivity index (χ4v) is 2.42. The molecule has 0 saturated carbocycles. The molecule has 1 aliphatic rings. The lowest BCUT2D eigenvalue weighted by molar-refractivity contribution is -0.0663. The fraction of sp³-hybridized carbons (Fsp3) is 1.00. The molecule has 0 aliphatic carbocycles. The molecule has 0 spiro atoms. The maximum Gasteiger partial charge on any atom is 0.0717 e. The van der Waals surface area contributed by atoms with E-state index in [1.54, 1.807) is 7.11 Å². The molecule has 0 radical (unpaired) electrons. The number of piperidine rings is 1. The molecule has 4 nitrogen and oxygen atoms in total. The van der Waals surface area contributed by atoms with Gasteiger partial charge >= 0.3 is 0 Å². The molecular weight excluding hydrogens is 228 g/mol. The molecule has 2 N–H and O–H groups in total. The van der Waals surface area contributed by atoms with Crippen molar-refractivity contribution in [1.29, 1.82) is 0 Å². The lowest BCUT2D eigenvalue weighted by Gasteiger charge is -2.35. The van der Waals surface area contributed by atoms with Gasteiger partial charge in [-0.25, -0.2) is 0 Å². The largest absolute Gasteiger partial charge is 0.381 e. The minimum atomic E-state index is -0.125. The SMILES string of the molecule is COC1CCN(C[C@@H](N)[C@@H](C)OC(C)(C)C)CC1. The van der Waals surface area contributed by atoms with E-state index in [2.05, 4.69) is 32.6 Å². The van der Waals surface area contributed by atoms with Crippen molar-refractivity contribution in [2.45, 2.75) is 64.4 Å². The van der Waals surface area contributed by atoms with Crippen molar-refractivity contribution >= 4 is 0 Å². The molecule has 0 bridgehead atoms. The van der Waals surface area contributed by atoms with Crippen LogP contribution in [0.4, 0.5) is 0 Å². The zero-order valence-corrected chi connectivity index (χ0v) is 12.6. The van der Waals surface area contributed by atoms with Gasteiger partial charge in [0.25, 0.3) is 0 Å².